The van der Waals surface area contributed by atoms with E-state index in [9.17, 15) is 4.39 Å². The highest BCUT2D eigenvalue weighted by atomic mass is 79.9. The van der Waals surface area contributed by atoms with E-state index in [1.165, 1.54) is 23.9 Å². The maximum Gasteiger partial charge on any atom is 0.181 e. The van der Waals surface area contributed by atoms with Crippen molar-refractivity contribution in [3.8, 4) is 0 Å². The SMILES string of the molecule is Br.N=C1N=NC(c2ccc(F)cc2)=CS/C1=C/c1ccco1. The maximum absolute atomic E-state index is 12.9. The van der Waals surface area contributed by atoms with Crippen LogP contribution in [0.4, 0.5) is 4.39 Å². The van der Waals surface area contributed by atoms with Gasteiger partial charge in [-0.15, -0.1) is 27.2 Å². The van der Waals surface area contributed by atoms with Gasteiger partial charge >= 0.3 is 0 Å². The van der Waals surface area contributed by atoms with Gasteiger partial charge in [0, 0.05) is 11.0 Å². The van der Waals surface area contributed by atoms with Gasteiger partial charge in [0.25, 0.3) is 0 Å². The lowest BCUT2D eigenvalue weighted by molar-refractivity contribution is 0.557. The highest BCUT2D eigenvalue weighted by Gasteiger charge is 2.12. The van der Waals surface area contributed by atoms with Gasteiger partial charge in [0.2, 0.25) is 0 Å². The quantitative estimate of drug-likeness (QED) is 0.747. The Hall–Kier alpha value is -1.99. The summed E-state index contributed by atoms with van der Waals surface area (Å²) in [4.78, 5) is 0.630. The van der Waals surface area contributed by atoms with Crippen LogP contribution in [0.1, 0.15) is 11.3 Å². The van der Waals surface area contributed by atoms with E-state index in [0.29, 0.717) is 16.4 Å². The number of azo groups is 1. The van der Waals surface area contributed by atoms with Crippen LogP contribution in [-0.4, -0.2) is 5.84 Å². The Bertz CT molecular complexity index is 752. The Morgan fingerprint density at radius 1 is 1.14 bits per heavy atom. The zero-order chi connectivity index (χ0) is 14.7. The minimum Gasteiger partial charge on any atom is -0.465 e. The minimum atomic E-state index is -0.302. The van der Waals surface area contributed by atoms with E-state index in [1.54, 1.807) is 42.0 Å². The van der Waals surface area contributed by atoms with Gasteiger partial charge in [0.15, 0.2) is 5.84 Å². The van der Waals surface area contributed by atoms with Crippen molar-refractivity contribution >= 4 is 46.4 Å². The predicted octanol–water partition coefficient (Wildman–Crippen LogP) is 5.51. The zero-order valence-electron chi connectivity index (χ0n) is 11.2. The molecule has 1 aliphatic rings. The number of nitrogens with zero attached hydrogens (tertiary/aromatic N) is 2. The monoisotopic (exact) mass is 379 g/mol. The lowest BCUT2D eigenvalue weighted by Gasteiger charge is -1.98. The molecule has 112 valence electrons. The van der Waals surface area contributed by atoms with E-state index in [4.69, 9.17) is 9.83 Å². The van der Waals surface area contributed by atoms with Crippen LogP contribution in [-0.2, 0) is 0 Å². The zero-order valence-corrected chi connectivity index (χ0v) is 13.7. The molecule has 1 aromatic heterocycles. The second-order valence-electron chi connectivity index (χ2n) is 4.20. The molecule has 0 saturated heterocycles. The summed E-state index contributed by atoms with van der Waals surface area (Å²) in [5.74, 6) is 0.407. The number of rotatable bonds is 2. The van der Waals surface area contributed by atoms with Crippen LogP contribution in [0.2, 0.25) is 0 Å². The van der Waals surface area contributed by atoms with Crippen LogP contribution in [0.5, 0.6) is 0 Å². The molecule has 0 fully saturated rings. The summed E-state index contributed by atoms with van der Waals surface area (Å²) in [6.45, 7) is 0. The van der Waals surface area contributed by atoms with Crippen LogP contribution >= 0.6 is 28.7 Å². The normalized spacial score (nSPS) is 16.1. The van der Waals surface area contributed by atoms with Gasteiger partial charge in [-0.2, -0.15) is 0 Å². The van der Waals surface area contributed by atoms with Crippen LogP contribution in [0.15, 0.2) is 67.6 Å². The van der Waals surface area contributed by atoms with Crippen molar-refractivity contribution in [3.63, 3.8) is 0 Å². The fourth-order valence-corrected chi connectivity index (χ4v) is 2.46. The summed E-state index contributed by atoms with van der Waals surface area (Å²) in [7, 11) is 0. The molecule has 0 bridgehead atoms. The highest BCUT2D eigenvalue weighted by molar-refractivity contribution is 8.93. The molecular formula is C15H11BrFN3OS. The van der Waals surface area contributed by atoms with Gasteiger partial charge in [-0.1, -0.05) is 11.8 Å². The average molecular weight is 380 g/mol. The molecule has 1 N–H and O–H groups in total. The first kappa shape index (κ1) is 16.4. The van der Waals surface area contributed by atoms with Crippen LogP contribution in [0.3, 0.4) is 0 Å². The van der Waals surface area contributed by atoms with Crippen molar-refractivity contribution in [2.75, 3.05) is 0 Å². The number of furan rings is 1. The van der Waals surface area contributed by atoms with E-state index in [0.717, 1.165) is 5.56 Å². The molecule has 7 heteroatoms. The van der Waals surface area contributed by atoms with Crippen molar-refractivity contribution in [2.45, 2.75) is 0 Å². The van der Waals surface area contributed by atoms with E-state index in [-0.39, 0.29) is 28.6 Å². The Balaban J connectivity index is 0.00000176. The summed E-state index contributed by atoms with van der Waals surface area (Å²) >= 11 is 1.33. The third kappa shape index (κ3) is 3.80. The van der Waals surface area contributed by atoms with Gasteiger partial charge in [0.05, 0.1) is 16.9 Å². The number of hydrogen-bond donors (Lipinski definition) is 1. The summed E-state index contributed by atoms with van der Waals surface area (Å²) in [6.07, 6.45) is 3.30. The number of halogens is 2. The summed E-state index contributed by atoms with van der Waals surface area (Å²) in [5.41, 5.74) is 1.34. The Labute approximate surface area is 141 Å². The molecule has 22 heavy (non-hydrogen) atoms. The smallest absolute Gasteiger partial charge is 0.181 e. The molecule has 0 aliphatic carbocycles. The number of benzene rings is 1. The van der Waals surface area contributed by atoms with Gasteiger partial charge in [-0.3, -0.25) is 5.41 Å². The van der Waals surface area contributed by atoms with Crippen molar-refractivity contribution < 1.29 is 8.81 Å². The van der Waals surface area contributed by atoms with E-state index < -0.39 is 0 Å². The van der Waals surface area contributed by atoms with Crippen LogP contribution in [0, 0.1) is 11.2 Å². The first-order valence-electron chi connectivity index (χ1n) is 6.11. The Morgan fingerprint density at radius 3 is 2.59 bits per heavy atom. The molecular weight excluding hydrogens is 369 g/mol. The van der Waals surface area contributed by atoms with Crippen LogP contribution in [0.25, 0.3) is 11.8 Å². The van der Waals surface area contributed by atoms with Gasteiger partial charge in [-0.25, -0.2) is 4.39 Å². The number of hydrogen-bond acceptors (Lipinski definition) is 4. The molecule has 2 aromatic rings. The fraction of sp³-hybridized carbons (Fsp3) is 0. The van der Waals surface area contributed by atoms with E-state index in [1.807, 2.05) is 0 Å². The second kappa shape index (κ2) is 7.33. The molecule has 4 nitrogen and oxygen atoms in total. The lowest BCUT2D eigenvalue weighted by atomic mass is 10.2. The molecule has 1 aromatic carbocycles. The molecule has 1 aliphatic heterocycles. The summed E-state index contributed by atoms with van der Waals surface area (Å²) < 4.78 is 18.2. The standard InChI is InChI=1S/C15H10FN3OS.BrH/c16-11-5-3-10(4-6-11)13-9-21-14(15(17)19-18-13)8-12-2-1-7-20-12;/h1-9,17H;1H/b14-8+,17-15?;. The third-order valence-electron chi connectivity index (χ3n) is 2.75. The summed E-state index contributed by atoms with van der Waals surface area (Å²) in [6, 6.07) is 9.57. The molecule has 0 saturated carbocycles. The molecule has 3 rings (SSSR count). The largest absolute Gasteiger partial charge is 0.465 e. The minimum absolute atomic E-state index is 0. The maximum atomic E-state index is 12.9. The van der Waals surface area contributed by atoms with Gasteiger partial charge in [-0.05, 0) is 42.5 Å². The lowest BCUT2D eigenvalue weighted by Crippen LogP contribution is -1.90. The highest BCUT2D eigenvalue weighted by Crippen LogP contribution is 2.31. The Kier molecular flexibility index (Phi) is 5.46. The molecule has 2 heterocycles. The predicted molar refractivity (Wildman–Crippen MR) is 91.6 cm³/mol. The Morgan fingerprint density at radius 2 is 1.91 bits per heavy atom. The third-order valence-corrected chi connectivity index (χ3v) is 3.65. The molecule has 0 radical (unpaired) electrons. The number of amidine groups is 1. The second-order valence-corrected chi connectivity index (χ2v) is 5.11. The topological polar surface area (TPSA) is 61.7 Å². The fourth-order valence-electron chi connectivity index (χ4n) is 1.70. The van der Waals surface area contributed by atoms with Crippen LogP contribution < -0.4 is 0 Å². The van der Waals surface area contributed by atoms with Crippen molar-refractivity contribution in [1.29, 1.82) is 5.41 Å². The van der Waals surface area contributed by atoms with E-state index >= 15 is 0 Å². The van der Waals surface area contributed by atoms with Crippen molar-refractivity contribution in [1.82, 2.24) is 0 Å². The van der Waals surface area contributed by atoms with Gasteiger partial charge < -0.3 is 4.42 Å². The van der Waals surface area contributed by atoms with Crippen molar-refractivity contribution in [2.24, 2.45) is 10.2 Å². The first-order chi connectivity index (χ1) is 10.2. The molecule has 0 unspecified atom stereocenters. The van der Waals surface area contributed by atoms with Crippen molar-refractivity contribution in [3.05, 3.63) is 70.1 Å². The summed E-state index contributed by atoms with van der Waals surface area (Å²) in [5, 5.41) is 17.6. The van der Waals surface area contributed by atoms with Gasteiger partial charge in [0.1, 0.15) is 11.6 Å². The number of thioether (sulfide) groups is 1. The molecule has 0 spiro atoms. The molecule has 0 amide bonds. The molecule has 0 atom stereocenters. The van der Waals surface area contributed by atoms with E-state index in [2.05, 4.69) is 10.2 Å². The first-order valence-corrected chi connectivity index (χ1v) is 6.99. The average Bonchev–Trinajstić information content (AvgIpc) is 2.93. The number of nitrogens with one attached hydrogen (secondary N) is 1.